The Morgan fingerprint density at radius 2 is 1.23 bits per heavy atom. The van der Waals surface area contributed by atoms with Gasteiger partial charge < -0.3 is 10.2 Å². The third-order valence-corrected chi connectivity index (χ3v) is 9.24. The first-order valence-electron chi connectivity index (χ1n) is 11.1. The van der Waals surface area contributed by atoms with E-state index in [4.69, 9.17) is 10.2 Å². The lowest BCUT2D eigenvalue weighted by atomic mass is 9.77. The van der Waals surface area contributed by atoms with E-state index in [1.54, 1.807) is 0 Å². The molecule has 2 nitrogen and oxygen atoms in total. The number of hydrogen-bond donors (Lipinski definition) is 2. The number of aliphatic hydroxyl groups is 2. The first-order valence-corrected chi connectivity index (χ1v) is 13.2. The van der Waals surface area contributed by atoms with Crippen molar-refractivity contribution in [3.8, 4) is 0 Å². The zero-order valence-electron chi connectivity index (χ0n) is 17.5. The van der Waals surface area contributed by atoms with Crippen LogP contribution in [0.25, 0.3) is 0 Å². The number of hydrogen-bond acceptors (Lipinski definition) is 4. The second-order valence-electron chi connectivity index (χ2n) is 8.41. The summed E-state index contributed by atoms with van der Waals surface area (Å²) in [5.41, 5.74) is 0. The molecule has 0 amide bonds. The van der Waals surface area contributed by atoms with Gasteiger partial charge in [-0.1, -0.05) is 46.5 Å². The van der Waals surface area contributed by atoms with Crippen molar-refractivity contribution in [2.75, 3.05) is 24.7 Å². The Bertz CT molecular complexity index is 325. The topological polar surface area (TPSA) is 40.5 Å². The molecule has 0 bridgehead atoms. The smallest absolute Gasteiger partial charge is 0.0431 e. The highest BCUT2D eigenvalue weighted by Gasteiger charge is 2.38. The minimum absolute atomic E-state index is 0.347. The van der Waals surface area contributed by atoms with Crippen molar-refractivity contribution in [3.63, 3.8) is 0 Å². The molecule has 1 aliphatic carbocycles. The lowest BCUT2D eigenvalue weighted by Crippen LogP contribution is -2.41. The highest BCUT2D eigenvalue weighted by Crippen LogP contribution is 2.45. The van der Waals surface area contributed by atoms with Gasteiger partial charge in [0.05, 0.1) is 0 Å². The summed E-state index contributed by atoms with van der Waals surface area (Å²) in [6, 6.07) is 0. The normalized spacial score (nSPS) is 26.5. The number of aliphatic hydroxyl groups excluding tert-OH is 2. The minimum Gasteiger partial charge on any atom is -0.396 e. The van der Waals surface area contributed by atoms with Crippen LogP contribution in [-0.4, -0.2) is 45.4 Å². The Balaban J connectivity index is 2.45. The van der Waals surface area contributed by atoms with E-state index in [1.165, 1.54) is 62.9 Å². The molecule has 0 heterocycles. The first-order chi connectivity index (χ1) is 12.6. The van der Waals surface area contributed by atoms with E-state index in [-0.39, 0.29) is 0 Å². The molecule has 0 aromatic heterocycles. The van der Waals surface area contributed by atoms with E-state index in [0.29, 0.717) is 13.2 Å². The Morgan fingerprint density at radius 3 is 1.73 bits per heavy atom. The van der Waals surface area contributed by atoms with E-state index < -0.39 is 0 Å². The molecule has 1 aliphatic rings. The standard InChI is InChI=1S/C22H44O2S2/c1-18(2)20-13-12-19(3)21(25-16-10-6-4-8-14-23)22(20)26-17-11-7-5-9-15-24/h18-24H,4-17H2,1-3H3. The predicted octanol–water partition coefficient (Wildman–Crippen LogP) is 6.00. The summed E-state index contributed by atoms with van der Waals surface area (Å²) < 4.78 is 0. The zero-order chi connectivity index (χ0) is 19.2. The number of thioether (sulfide) groups is 2. The van der Waals surface area contributed by atoms with E-state index in [1.807, 2.05) is 0 Å². The van der Waals surface area contributed by atoms with E-state index in [9.17, 15) is 0 Å². The fourth-order valence-electron chi connectivity index (χ4n) is 4.12. The van der Waals surface area contributed by atoms with Crippen LogP contribution in [0.15, 0.2) is 0 Å². The summed E-state index contributed by atoms with van der Waals surface area (Å²) in [7, 11) is 0. The van der Waals surface area contributed by atoms with Crippen LogP contribution in [0.5, 0.6) is 0 Å². The van der Waals surface area contributed by atoms with Gasteiger partial charge in [0.15, 0.2) is 0 Å². The monoisotopic (exact) mass is 404 g/mol. The van der Waals surface area contributed by atoms with Crippen LogP contribution in [0.1, 0.15) is 85.0 Å². The molecule has 4 unspecified atom stereocenters. The average molecular weight is 405 g/mol. The molecule has 0 aromatic carbocycles. The quantitative estimate of drug-likeness (QED) is 0.329. The minimum atomic E-state index is 0.347. The molecule has 2 N–H and O–H groups in total. The van der Waals surface area contributed by atoms with Crippen LogP contribution in [-0.2, 0) is 0 Å². The van der Waals surface area contributed by atoms with Crippen molar-refractivity contribution >= 4 is 23.5 Å². The Hall–Kier alpha value is 0.620. The molecular weight excluding hydrogens is 360 g/mol. The van der Waals surface area contributed by atoms with Gasteiger partial charge in [-0.05, 0) is 67.8 Å². The number of unbranched alkanes of at least 4 members (excludes halogenated alkanes) is 6. The average Bonchev–Trinajstić information content (AvgIpc) is 2.62. The number of rotatable bonds is 15. The summed E-state index contributed by atoms with van der Waals surface area (Å²) in [5, 5.41) is 19.5. The van der Waals surface area contributed by atoms with E-state index in [0.717, 1.165) is 41.1 Å². The van der Waals surface area contributed by atoms with Crippen LogP contribution in [0.3, 0.4) is 0 Å². The molecular formula is C22H44O2S2. The molecule has 0 spiro atoms. The molecule has 156 valence electrons. The molecule has 1 fully saturated rings. The van der Waals surface area contributed by atoms with Crippen LogP contribution in [0.2, 0.25) is 0 Å². The maximum Gasteiger partial charge on any atom is 0.0431 e. The molecule has 0 radical (unpaired) electrons. The second kappa shape index (κ2) is 15.5. The van der Waals surface area contributed by atoms with Crippen molar-refractivity contribution < 1.29 is 10.2 Å². The maximum atomic E-state index is 8.92. The predicted molar refractivity (Wildman–Crippen MR) is 120 cm³/mol. The van der Waals surface area contributed by atoms with Gasteiger partial charge in [0.25, 0.3) is 0 Å². The van der Waals surface area contributed by atoms with Crippen molar-refractivity contribution in [3.05, 3.63) is 0 Å². The molecule has 4 atom stereocenters. The second-order valence-corrected chi connectivity index (χ2v) is 11.0. The van der Waals surface area contributed by atoms with E-state index >= 15 is 0 Å². The first kappa shape index (κ1) is 24.7. The summed E-state index contributed by atoms with van der Waals surface area (Å²) in [5.74, 6) is 5.10. The van der Waals surface area contributed by atoms with Gasteiger partial charge in [-0.25, -0.2) is 0 Å². The molecule has 0 saturated heterocycles. The Kier molecular flexibility index (Phi) is 14.7. The van der Waals surface area contributed by atoms with Crippen molar-refractivity contribution in [1.82, 2.24) is 0 Å². The summed E-state index contributed by atoms with van der Waals surface area (Å²) in [6.07, 6.45) is 12.2. The Morgan fingerprint density at radius 1 is 0.731 bits per heavy atom. The lowest BCUT2D eigenvalue weighted by Gasteiger charge is -2.43. The van der Waals surface area contributed by atoms with Crippen LogP contribution in [0, 0.1) is 17.8 Å². The fraction of sp³-hybridized carbons (Fsp3) is 1.00. The molecule has 0 aliphatic heterocycles. The highest BCUT2D eigenvalue weighted by molar-refractivity contribution is 8.03. The van der Waals surface area contributed by atoms with Gasteiger partial charge >= 0.3 is 0 Å². The van der Waals surface area contributed by atoms with Gasteiger partial charge in [-0.15, -0.1) is 0 Å². The maximum absolute atomic E-state index is 8.92. The summed E-state index contributed by atoms with van der Waals surface area (Å²) in [6.45, 7) is 8.02. The summed E-state index contributed by atoms with van der Waals surface area (Å²) >= 11 is 4.51. The lowest BCUT2D eigenvalue weighted by molar-refractivity contribution is 0.251. The molecule has 26 heavy (non-hydrogen) atoms. The van der Waals surface area contributed by atoms with Gasteiger partial charge in [-0.2, -0.15) is 23.5 Å². The third-order valence-electron chi connectivity index (χ3n) is 5.84. The van der Waals surface area contributed by atoms with Gasteiger partial charge in [0.2, 0.25) is 0 Å². The van der Waals surface area contributed by atoms with Crippen LogP contribution >= 0.6 is 23.5 Å². The van der Waals surface area contributed by atoms with E-state index in [2.05, 4.69) is 44.3 Å². The van der Waals surface area contributed by atoms with Crippen molar-refractivity contribution in [2.45, 2.75) is 95.5 Å². The van der Waals surface area contributed by atoms with Gasteiger partial charge in [0.1, 0.15) is 0 Å². The Labute approximate surface area is 171 Å². The largest absolute Gasteiger partial charge is 0.396 e. The van der Waals surface area contributed by atoms with Gasteiger partial charge in [0, 0.05) is 23.7 Å². The van der Waals surface area contributed by atoms with Crippen LogP contribution < -0.4 is 0 Å². The van der Waals surface area contributed by atoms with Crippen molar-refractivity contribution in [1.29, 1.82) is 0 Å². The van der Waals surface area contributed by atoms with Crippen molar-refractivity contribution in [2.24, 2.45) is 17.8 Å². The molecule has 1 rings (SSSR count). The van der Waals surface area contributed by atoms with Crippen LogP contribution in [0.4, 0.5) is 0 Å². The highest BCUT2D eigenvalue weighted by atomic mass is 32.2. The SMILES string of the molecule is CC(C)C1CCC(C)C(SCCCCCCO)C1SCCCCCCO. The molecule has 1 saturated carbocycles. The molecule has 4 heteroatoms. The van der Waals surface area contributed by atoms with Gasteiger partial charge in [-0.3, -0.25) is 0 Å². The molecule has 0 aromatic rings. The third kappa shape index (κ3) is 9.71. The fourth-order valence-corrected chi connectivity index (χ4v) is 7.88. The summed E-state index contributed by atoms with van der Waals surface area (Å²) in [4.78, 5) is 0. The zero-order valence-corrected chi connectivity index (χ0v) is 19.1.